The van der Waals surface area contributed by atoms with Gasteiger partial charge in [0.1, 0.15) is 0 Å². The van der Waals surface area contributed by atoms with Crippen LogP contribution in [0.5, 0.6) is 0 Å². The van der Waals surface area contributed by atoms with Crippen LogP contribution < -0.4 is 0 Å². The number of hydrogen-bond donors (Lipinski definition) is 0. The van der Waals surface area contributed by atoms with Crippen molar-refractivity contribution >= 4 is 17.6 Å². The number of nitrogens with zero attached hydrogens (tertiary/aromatic N) is 3. The Kier molecular flexibility index (Phi) is 2.13. The van der Waals surface area contributed by atoms with Crippen LogP contribution in [0, 0.1) is 10.1 Å². The molecule has 0 aliphatic rings. The highest BCUT2D eigenvalue weighted by atomic mass is 32.2. The average Bonchev–Trinajstić information content (AvgIpc) is 2.30. The van der Waals surface area contributed by atoms with Crippen molar-refractivity contribution in [1.82, 2.24) is 9.55 Å². The van der Waals surface area contributed by atoms with Gasteiger partial charge in [-0.2, -0.15) is 0 Å². The van der Waals surface area contributed by atoms with Crippen molar-refractivity contribution in [2.75, 3.05) is 6.26 Å². The van der Waals surface area contributed by atoms with E-state index in [1.54, 1.807) is 17.9 Å². The van der Waals surface area contributed by atoms with Crippen molar-refractivity contribution in [2.24, 2.45) is 7.05 Å². The lowest BCUT2D eigenvalue weighted by molar-refractivity contribution is -0.392. The monoisotopic (exact) mass is 173 g/mol. The first-order valence-electron chi connectivity index (χ1n) is 2.86. The topological polar surface area (TPSA) is 61.0 Å². The first-order chi connectivity index (χ1) is 5.16. The van der Waals surface area contributed by atoms with E-state index in [1.807, 2.05) is 0 Å². The maximum atomic E-state index is 10.3. The third-order valence-electron chi connectivity index (χ3n) is 1.23. The molecule has 5 nitrogen and oxygen atoms in total. The van der Waals surface area contributed by atoms with E-state index >= 15 is 0 Å². The normalized spacial score (nSPS) is 10.0. The van der Waals surface area contributed by atoms with E-state index in [-0.39, 0.29) is 5.82 Å². The van der Waals surface area contributed by atoms with Gasteiger partial charge in [0.05, 0.1) is 0 Å². The smallest absolute Gasteiger partial charge is 0.358 e. The molecule has 0 radical (unpaired) electrons. The highest BCUT2D eigenvalue weighted by molar-refractivity contribution is 7.98. The second-order valence-electron chi connectivity index (χ2n) is 1.95. The SMILES string of the molecule is CSc1c([N+](=O)[O-])ncn1C. The Morgan fingerprint density at radius 1 is 1.82 bits per heavy atom. The van der Waals surface area contributed by atoms with Gasteiger partial charge >= 0.3 is 5.82 Å². The molecule has 0 saturated carbocycles. The highest BCUT2D eigenvalue weighted by Gasteiger charge is 2.18. The Hall–Kier alpha value is -1.04. The molecular weight excluding hydrogens is 166 g/mol. The molecule has 0 atom stereocenters. The van der Waals surface area contributed by atoms with Crippen molar-refractivity contribution in [3.05, 3.63) is 16.4 Å². The van der Waals surface area contributed by atoms with Gasteiger partial charge in [-0.25, -0.2) is 0 Å². The number of rotatable bonds is 2. The Balaban J connectivity index is 3.15. The summed E-state index contributed by atoms with van der Waals surface area (Å²) >= 11 is 1.32. The molecule has 0 spiro atoms. The predicted octanol–water partition coefficient (Wildman–Crippen LogP) is 1.05. The molecular formula is C5H7N3O2S. The zero-order chi connectivity index (χ0) is 8.43. The molecule has 1 heterocycles. The number of aryl methyl sites for hydroxylation is 1. The fourth-order valence-electron chi connectivity index (χ4n) is 0.767. The molecule has 0 unspecified atom stereocenters. The van der Waals surface area contributed by atoms with Crippen LogP contribution >= 0.6 is 11.8 Å². The van der Waals surface area contributed by atoms with Crippen molar-refractivity contribution in [3.8, 4) is 0 Å². The first-order valence-corrected chi connectivity index (χ1v) is 4.09. The lowest BCUT2D eigenvalue weighted by Gasteiger charge is -1.94. The zero-order valence-electron chi connectivity index (χ0n) is 6.14. The molecule has 1 aromatic rings. The van der Waals surface area contributed by atoms with Crippen LogP contribution in [0.1, 0.15) is 0 Å². The van der Waals surface area contributed by atoms with E-state index in [4.69, 9.17) is 0 Å². The van der Waals surface area contributed by atoms with Crippen molar-refractivity contribution in [3.63, 3.8) is 0 Å². The lowest BCUT2D eigenvalue weighted by atomic mass is 10.8. The molecule has 6 heteroatoms. The van der Waals surface area contributed by atoms with Gasteiger partial charge < -0.3 is 14.7 Å². The van der Waals surface area contributed by atoms with E-state index in [9.17, 15) is 10.1 Å². The Morgan fingerprint density at radius 2 is 2.45 bits per heavy atom. The Bertz CT molecular complexity index is 283. The number of nitro groups is 1. The molecule has 0 saturated heterocycles. The molecule has 0 amide bonds. The van der Waals surface area contributed by atoms with Crippen LogP contribution in [0.25, 0.3) is 0 Å². The van der Waals surface area contributed by atoms with Gasteiger partial charge in [0.2, 0.25) is 6.33 Å². The van der Waals surface area contributed by atoms with E-state index in [2.05, 4.69) is 4.98 Å². The molecule has 0 fully saturated rings. The Morgan fingerprint density at radius 3 is 2.82 bits per heavy atom. The van der Waals surface area contributed by atoms with Crippen molar-refractivity contribution in [2.45, 2.75) is 5.03 Å². The molecule has 60 valence electrons. The second-order valence-corrected chi connectivity index (χ2v) is 2.74. The van der Waals surface area contributed by atoms with E-state index in [1.165, 1.54) is 18.1 Å². The van der Waals surface area contributed by atoms with Crippen LogP contribution in [0.2, 0.25) is 0 Å². The zero-order valence-corrected chi connectivity index (χ0v) is 6.96. The van der Waals surface area contributed by atoms with Crippen molar-refractivity contribution < 1.29 is 4.92 Å². The summed E-state index contributed by atoms with van der Waals surface area (Å²) in [6, 6.07) is 0. The first kappa shape index (κ1) is 8.06. The third kappa shape index (κ3) is 1.35. The van der Waals surface area contributed by atoms with Crippen LogP contribution in [0.15, 0.2) is 11.4 Å². The van der Waals surface area contributed by atoms with Gasteiger partial charge in [-0.05, 0) is 16.2 Å². The molecule has 1 aromatic heterocycles. The standard InChI is InChI=1S/C5H7N3O2S/c1-7-3-6-4(8(9)10)5(7)11-2/h3H,1-2H3. The number of imidazole rings is 1. The van der Waals surface area contributed by atoms with Gasteiger partial charge in [-0.3, -0.25) is 0 Å². The van der Waals surface area contributed by atoms with Crippen LogP contribution in [0.4, 0.5) is 5.82 Å². The van der Waals surface area contributed by atoms with Crippen LogP contribution in [0.3, 0.4) is 0 Å². The van der Waals surface area contributed by atoms with Gasteiger partial charge in [0.25, 0.3) is 0 Å². The number of thioether (sulfide) groups is 1. The van der Waals surface area contributed by atoms with E-state index in [0.717, 1.165) is 0 Å². The molecule has 0 aliphatic carbocycles. The molecule has 0 aromatic carbocycles. The third-order valence-corrected chi connectivity index (χ3v) is 2.09. The molecule has 0 N–H and O–H groups in total. The minimum Gasteiger partial charge on any atom is -0.358 e. The minimum atomic E-state index is -0.480. The maximum Gasteiger partial charge on any atom is 0.395 e. The van der Waals surface area contributed by atoms with E-state index in [0.29, 0.717) is 5.03 Å². The fourth-order valence-corrected chi connectivity index (χ4v) is 1.41. The van der Waals surface area contributed by atoms with Gasteiger partial charge in [0.15, 0.2) is 5.03 Å². The molecule has 0 aliphatic heterocycles. The van der Waals surface area contributed by atoms with Crippen LogP contribution in [-0.2, 0) is 7.05 Å². The fraction of sp³-hybridized carbons (Fsp3) is 0.400. The summed E-state index contributed by atoms with van der Waals surface area (Å²) in [6.07, 6.45) is 3.22. The summed E-state index contributed by atoms with van der Waals surface area (Å²) in [4.78, 5) is 13.5. The van der Waals surface area contributed by atoms with Crippen LogP contribution in [-0.4, -0.2) is 20.7 Å². The predicted molar refractivity (Wildman–Crippen MR) is 41.6 cm³/mol. The number of hydrogen-bond acceptors (Lipinski definition) is 4. The quantitative estimate of drug-likeness (QED) is 0.381. The molecule has 1 rings (SSSR count). The van der Waals surface area contributed by atoms with Crippen molar-refractivity contribution in [1.29, 1.82) is 0 Å². The van der Waals surface area contributed by atoms with Gasteiger partial charge in [-0.1, -0.05) is 0 Å². The lowest BCUT2D eigenvalue weighted by Crippen LogP contribution is -1.92. The summed E-state index contributed by atoms with van der Waals surface area (Å²) in [7, 11) is 1.73. The maximum absolute atomic E-state index is 10.3. The average molecular weight is 173 g/mol. The largest absolute Gasteiger partial charge is 0.395 e. The summed E-state index contributed by atoms with van der Waals surface area (Å²) < 4.78 is 1.63. The minimum absolute atomic E-state index is 0.0694. The molecule has 11 heavy (non-hydrogen) atoms. The highest BCUT2D eigenvalue weighted by Crippen LogP contribution is 2.24. The molecule has 0 bridgehead atoms. The van der Waals surface area contributed by atoms with Gasteiger partial charge in [0, 0.05) is 7.05 Å². The Labute approximate surface area is 67.6 Å². The summed E-state index contributed by atoms with van der Waals surface area (Å²) in [5.41, 5.74) is 0. The summed E-state index contributed by atoms with van der Waals surface area (Å²) in [5.74, 6) is -0.0694. The number of aromatic nitrogens is 2. The summed E-state index contributed by atoms with van der Waals surface area (Å²) in [5, 5.41) is 10.9. The van der Waals surface area contributed by atoms with Gasteiger partial charge in [-0.15, -0.1) is 11.8 Å². The second kappa shape index (κ2) is 2.91. The van der Waals surface area contributed by atoms with E-state index < -0.39 is 4.92 Å². The summed E-state index contributed by atoms with van der Waals surface area (Å²) in [6.45, 7) is 0.